The largest absolute Gasteiger partial charge is 0.324 e. The molecule has 0 unspecified atom stereocenters. The summed E-state index contributed by atoms with van der Waals surface area (Å²) in [6.07, 6.45) is 63.0. The van der Waals surface area contributed by atoms with Crippen LogP contribution in [0.2, 0.25) is 0 Å². The molecule has 0 amide bonds. The Morgan fingerprint density at radius 3 is 0.778 bits per heavy atom. The molecule has 0 fully saturated rings. The number of aryl methyl sites for hydroxylation is 4. The van der Waals surface area contributed by atoms with Gasteiger partial charge < -0.3 is 10.6 Å². The fourth-order valence-corrected chi connectivity index (χ4v) is 12.4. The van der Waals surface area contributed by atoms with Gasteiger partial charge in [0.05, 0.1) is 0 Å². The van der Waals surface area contributed by atoms with E-state index < -0.39 is 0 Å². The first kappa shape index (κ1) is 69.8. The highest BCUT2D eigenvalue weighted by molar-refractivity contribution is 5.66. The normalized spacial score (nSPS) is 11.5. The van der Waals surface area contributed by atoms with Gasteiger partial charge in [0.15, 0.2) is 5.82 Å². The summed E-state index contributed by atoms with van der Waals surface area (Å²) in [5, 5.41) is 7.74. The number of nitrogens with zero attached hydrogens (tertiary/aromatic N) is 3. The number of nitrogens with one attached hydrogen (secondary N) is 2. The van der Waals surface area contributed by atoms with E-state index in [-0.39, 0.29) is 0 Å². The van der Waals surface area contributed by atoms with Gasteiger partial charge in [0.2, 0.25) is 11.9 Å². The van der Waals surface area contributed by atoms with Gasteiger partial charge in [-0.2, -0.15) is 15.0 Å². The van der Waals surface area contributed by atoms with Gasteiger partial charge >= 0.3 is 0 Å². The fourth-order valence-electron chi connectivity index (χ4n) is 12.4. The fraction of sp³-hybridized carbons (Fsp3) is 0.711. The minimum Gasteiger partial charge on any atom is -0.324 e. The second-order valence-electron chi connectivity index (χ2n) is 25.0. The average Bonchev–Trinajstić information content (AvgIpc) is 3.49. The van der Waals surface area contributed by atoms with Crippen molar-refractivity contribution < 1.29 is 0 Å². The third-order valence-electron chi connectivity index (χ3n) is 17.5. The van der Waals surface area contributed by atoms with Crippen LogP contribution < -0.4 is 10.6 Å². The summed E-state index contributed by atoms with van der Waals surface area (Å²) in [5.74, 6) is 1.89. The van der Waals surface area contributed by atoms with Crippen LogP contribution in [0.15, 0.2) is 48.5 Å². The predicted octanol–water partition coefficient (Wildman–Crippen LogP) is 25.0. The van der Waals surface area contributed by atoms with Crippen LogP contribution in [-0.2, 0) is 38.5 Å². The molecule has 0 spiro atoms. The molecule has 0 saturated carbocycles. The third kappa shape index (κ3) is 31.1. The molecule has 0 bridgehead atoms. The summed E-state index contributed by atoms with van der Waals surface area (Å²) in [6.45, 7) is 18.2. The Morgan fingerprint density at radius 2 is 0.519 bits per heavy atom. The van der Waals surface area contributed by atoms with Crippen molar-refractivity contribution >= 4 is 23.3 Å². The summed E-state index contributed by atoms with van der Waals surface area (Å²) in [7, 11) is 0. The topological polar surface area (TPSA) is 62.7 Å². The molecule has 1 radical (unpaired) electrons. The Balaban J connectivity index is 1.76. The molecule has 1 heterocycles. The van der Waals surface area contributed by atoms with E-state index in [1.165, 1.54) is 283 Å². The number of benzene rings is 3. The molecule has 0 aliphatic carbocycles. The van der Waals surface area contributed by atoms with Gasteiger partial charge in [-0.15, -0.1) is 0 Å². The van der Waals surface area contributed by atoms with Crippen molar-refractivity contribution in [3.8, 4) is 11.4 Å². The van der Waals surface area contributed by atoms with Gasteiger partial charge in [0, 0.05) is 16.9 Å². The van der Waals surface area contributed by atoms with Crippen molar-refractivity contribution in [1.82, 2.24) is 15.0 Å². The van der Waals surface area contributed by atoms with Gasteiger partial charge in [-0.3, -0.25) is 0 Å². The van der Waals surface area contributed by atoms with Crippen LogP contribution in [0.3, 0.4) is 0 Å². The zero-order chi connectivity index (χ0) is 57.6. The molecular formula is C76H126N5. The third-order valence-corrected chi connectivity index (χ3v) is 17.5. The smallest absolute Gasteiger partial charge is 0.232 e. The lowest BCUT2D eigenvalue weighted by Crippen LogP contribution is -2.09. The highest BCUT2D eigenvalue weighted by Crippen LogP contribution is 2.33. The maximum absolute atomic E-state index is 5.30. The molecule has 0 saturated heterocycles. The molecular weight excluding hydrogens is 983 g/mol. The number of hydrogen-bond donors (Lipinski definition) is 2. The van der Waals surface area contributed by atoms with E-state index in [1.54, 1.807) is 33.4 Å². The molecule has 0 aliphatic rings. The van der Waals surface area contributed by atoms with Crippen molar-refractivity contribution in [2.45, 2.75) is 350 Å². The van der Waals surface area contributed by atoms with E-state index in [0.717, 1.165) is 48.2 Å². The Kier molecular flexibility index (Phi) is 40.2. The quantitative estimate of drug-likeness (QED) is 0.0432. The molecule has 5 nitrogen and oxygen atoms in total. The number of rotatable bonds is 53. The first-order valence-corrected chi connectivity index (χ1v) is 35.4. The molecule has 2 N–H and O–H groups in total. The van der Waals surface area contributed by atoms with E-state index in [4.69, 9.17) is 15.0 Å². The standard InChI is InChI=1S/C76H126N5/c1-8-14-20-26-32-38-44-50-66-60-70(61-67(51-45-39-33-27-21-15-9-2)72(66)54-48-42-36-30-24-18-12-5)77-75-79-74(65-58-56-64(7)57-59-65)80-76(81-75)78-71-62-68(52-46-40-34-28-22-16-10-3)73(55-49-43-37-31-25-19-13-6)69(63-71)53-47-41-35-29-23-17-11-4/h56-63H,7-55H2,1-6H3,(H2,77,78,79,80,81). The summed E-state index contributed by atoms with van der Waals surface area (Å²) in [5.41, 5.74) is 13.7. The lowest BCUT2D eigenvalue weighted by atomic mass is 9.89. The Bertz CT molecular complexity index is 1940. The maximum atomic E-state index is 5.30. The highest BCUT2D eigenvalue weighted by atomic mass is 15.2. The van der Waals surface area contributed by atoms with Crippen LogP contribution in [0.25, 0.3) is 11.4 Å². The predicted molar refractivity (Wildman–Crippen MR) is 359 cm³/mol. The zero-order valence-electron chi connectivity index (χ0n) is 54.1. The SMILES string of the molecule is [CH2]c1ccc(-c2nc(Nc3cc(CCCCCCCCC)c(CCCCCCCCC)c(CCCCCCCCC)c3)nc(Nc3cc(CCCCCCCCC)c(CCCCCCCCC)c(CCCCCCCCC)c3)n2)cc1. The molecule has 5 heteroatoms. The molecule has 0 aliphatic heterocycles. The van der Waals surface area contributed by atoms with Gasteiger partial charge in [-0.05, 0) is 147 Å². The second kappa shape index (κ2) is 46.6. The van der Waals surface area contributed by atoms with Crippen LogP contribution in [0, 0.1) is 6.92 Å². The lowest BCUT2D eigenvalue weighted by molar-refractivity contribution is 0.578. The minimum absolute atomic E-state index is 0.604. The number of aromatic nitrogens is 3. The lowest BCUT2D eigenvalue weighted by Gasteiger charge is -2.20. The van der Waals surface area contributed by atoms with Crippen molar-refractivity contribution in [2.75, 3.05) is 10.6 Å². The Labute approximate surface area is 501 Å². The maximum Gasteiger partial charge on any atom is 0.232 e. The van der Waals surface area contributed by atoms with Gasteiger partial charge in [0.1, 0.15) is 0 Å². The van der Waals surface area contributed by atoms with E-state index in [9.17, 15) is 0 Å². The molecule has 455 valence electrons. The van der Waals surface area contributed by atoms with E-state index in [0.29, 0.717) is 17.7 Å². The number of hydrogen-bond acceptors (Lipinski definition) is 5. The summed E-state index contributed by atoms with van der Waals surface area (Å²) >= 11 is 0. The highest BCUT2D eigenvalue weighted by Gasteiger charge is 2.17. The summed E-state index contributed by atoms with van der Waals surface area (Å²) < 4.78 is 0. The molecule has 4 aromatic rings. The Morgan fingerprint density at radius 1 is 0.284 bits per heavy atom. The van der Waals surface area contributed by atoms with Crippen LogP contribution in [-0.4, -0.2) is 15.0 Å². The van der Waals surface area contributed by atoms with Crippen molar-refractivity contribution in [1.29, 1.82) is 0 Å². The summed E-state index contributed by atoms with van der Waals surface area (Å²) in [6, 6.07) is 18.3. The van der Waals surface area contributed by atoms with Crippen LogP contribution >= 0.6 is 0 Å². The number of unbranched alkanes of at least 4 members (excludes halogenated alkanes) is 36. The first-order chi connectivity index (χ1) is 39.9. The monoisotopic (exact) mass is 1110 g/mol. The van der Waals surface area contributed by atoms with Crippen LogP contribution in [0.4, 0.5) is 23.3 Å². The summed E-state index contributed by atoms with van der Waals surface area (Å²) in [4.78, 5) is 15.8. The van der Waals surface area contributed by atoms with E-state index in [2.05, 4.69) is 108 Å². The first-order valence-electron chi connectivity index (χ1n) is 35.4. The van der Waals surface area contributed by atoms with Crippen molar-refractivity contribution in [3.63, 3.8) is 0 Å². The van der Waals surface area contributed by atoms with Crippen molar-refractivity contribution in [2.24, 2.45) is 0 Å². The van der Waals surface area contributed by atoms with Crippen molar-refractivity contribution in [3.05, 3.63) is 94.4 Å². The van der Waals surface area contributed by atoms with Gasteiger partial charge in [0.25, 0.3) is 0 Å². The van der Waals surface area contributed by atoms with Crippen LogP contribution in [0.5, 0.6) is 0 Å². The number of anilines is 4. The van der Waals surface area contributed by atoms with E-state index in [1.807, 2.05) is 0 Å². The average molecular weight is 1110 g/mol. The molecule has 4 rings (SSSR count). The van der Waals surface area contributed by atoms with E-state index >= 15 is 0 Å². The minimum atomic E-state index is 0.604. The molecule has 0 atom stereocenters. The molecule has 3 aromatic carbocycles. The second-order valence-corrected chi connectivity index (χ2v) is 25.0. The van der Waals surface area contributed by atoms with Gasteiger partial charge in [-0.25, -0.2) is 0 Å². The van der Waals surface area contributed by atoms with Crippen LogP contribution in [0.1, 0.15) is 350 Å². The van der Waals surface area contributed by atoms with Gasteiger partial charge in [-0.1, -0.05) is 297 Å². The molecule has 81 heavy (non-hydrogen) atoms. The Hall–Kier alpha value is -3.73. The molecule has 1 aromatic heterocycles. The zero-order valence-corrected chi connectivity index (χ0v) is 54.1.